The van der Waals surface area contributed by atoms with Gasteiger partial charge in [0.2, 0.25) is 11.9 Å². The number of piperazine rings is 1. The van der Waals surface area contributed by atoms with Gasteiger partial charge in [-0.15, -0.1) is 0 Å². The lowest BCUT2D eigenvalue weighted by molar-refractivity contribution is -0.120. The topological polar surface area (TPSA) is 58.1 Å². The van der Waals surface area contributed by atoms with E-state index in [0.717, 1.165) is 10.1 Å². The van der Waals surface area contributed by atoms with Gasteiger partial charge < -0.3 is 10.2 Å². The molecular formula is C8H9IN4O. The van der Waals surface area contributed by atoms with Crippen LogP contribution in [0.5, 0.6) is 0 Å². The van der Waals surface area contributed by atoms with Crippen LogP contribution in [0.15, 0.2) is 12.4 Å². The van der Waals surface area contributed by atoms with Gasteiger partial charge in [0, 0.05) is 29.1 Å². The Labute approximate surface area is 95.1 Å². The molecule has 2 heterocycles. The molecule has 0 aromatic carbocycles. The van der Waals surface area contributed by atoms with E-state index in [2.05, 4.69) is 37.9 Å². The van der Waals surface area contributed by atoms with Crippen molar-refractivity contribution in [2.24, 2.45) is 0 Å². The second kappa shape index (κ2) is 4.07. The van der Waals surface area contributed by atoms with E-state index >= 15 is 0 Å². The molecule has 0 saturated carbocycles. The number of amides is 1. The predicted octanol–water partition coefficient (Wildman–Crippen LogP) is 0.0174. The summed E-state index contributed by atoms with van der Waals surface area (Å²) in [5.74, 6) is 0.652. The number of carbonyl (C=O) groups is 1. The number of nitrogens with zero attached hydrogens (tertiary/aromatic N) is 3. The summed E-state index contributed by atoms with van der Waals surface area (Å²) >= 11 is 2.15. The van der Waals surface area contributed by atoms with Gasteiger partial charge in [-0.05, 0) is 22.6 Å². The summed E-state index contributed by atoms with van der Waals surface area (Å²) in [6.07, 6.45) is 3.49. The smallest absolute Gasteiger partial charge is 0.239 e. The number of hydrogen-bond donors (Lipinski definition) is 1. The Kier molecular flexibility index (Phi) is 2.80. The average Bonchev–Trinajstić information content (AvgIpc) is 2.19. The van der Waals surface area contributed by atoms with E-state index in [-0.39, 0.29) is 5.91 Å². The minimum atomic E-state index is 0.0263. The van der Waals surface area contributed by atoms with Gasteiger partial charge in [-0.25, -0.2) is 9.97 Å². The fourth-order valence-corrected chi connectivity index (χ4v) is 1.56. The van der Waals surface area contributed by atoms with Gasteiger partial charge in [-0.3, -0.25) is 4.79 Å². The highest BCUT2D eigenvalue weighted by atomic mass is 127. The molecule has 0 atom stereocenters. The Morgan fingerprint density at radius 2 is 2.14 bits per heavy atom. The standard InChI is InChI=1S/C8H9IN4O/c9-6-3-11-8(12-4-6)13-2-1-10-7(14)5-13/h3-4H,1-2,5H2,(H,10,14). The zero-order valence-electron chi connectivity index (χ0n) is 7.40. The lowest BCUT2D eigenvalue weighted by Gasteiger charge is -2.26. The maximum atomic E-state index is 11.1. The van der Waals surface area contributed by atoms with Crippen LogP contribution < -0.4 is 10.2 Å². The zero-order chi connectivity index (χ0) is 9.97. The van der Waals surface area contributed by atoms with Crippen molar-refractivity contribution in [2.75, 3.05) is 24.5 Å². The van der Waals surface area contributed by atoms with Gasteiger partial charge in [0.15, 0.2) is 0 Å². The molecule has 2 rings (SSSR count). The molecule has 6 heteroatoms. The van der Waals surface area contributed by atoms with Crippen LogP contribution in [0.2, 0.25) is 0 Å². The molecule has 0 aliphatic carbocycles. The molecule has 1 amide bonds. The second-order valence-electron chi connectivity index (χ2n) is 2.97. The number of anilines is 1. The van der Waals surface area contributed by atoms with Crippen LogP contribution in [0.1, 0.15) is 0 Å². The lowest BCUT2D eigenvalue weighted by Crippen LogP contribution is -2.48. The quantitative estimate of drug-likeness (QED) is 0.743. The van der Waals surface area contributed by atoms with E-state index in [9.17, 15) is 4.79 Å². The first kappa shape index (κ1) is 9.63. The molecule has 1 aliphatic heterocycles. The summed E-state index contributed by atoms with van der Waals surface area (Å²) in [5, 5.41) is 2.76. The first-order valence-electron chi connectivity index (χ1n) is 4.25. The normalized spacial score (nSPS) is 16.6. The van der Waals surface area contributed by atoms with Crippen LogP contribution in [0.4, 0.5) is 5.95 Å². The number of nitrogens with one attached hydrogen (secondary N) is 1. The monoisotopic (exact) mass is 304 g/mol. The van der Waals surface area contributed by atoms with Gasteiger partial charge >= 0.3 is 0 Å². The first-order chi connectivity index (χ1) is 6.75. The molecule has 74 valence electrons. The van der Waals surface area contributed by atoms with Crippen molar-refractivity contribution in [1.29, 1.82) is 0 Å². The molecule has 0 radical (unpaired) electrons. The maximum Gasteiger partial charge on any atom is 0.239 e. The Hall–Kier alpha value is -0.920. The van der Waals surface area contributed by atoms with Crippen molar-refractivity contribution in [3.05, 3.63) is 16.0 Å². The van der Waals surface area contributed by atoms with Crippen molar-refractivity contribution in [2.45, 2.75) is 0 Å². The molecule has 0 unspecified atom stereocenters. The van der Waals surface area contributed by atoms with E-state index in [1.807, 2.05) is 4.90 Å². The molecule has 1 aliphatic rings. The molecule has 0 bridgehead atoms. The average molecular weight is 304 g/mol. The SMILES string of the molecule is O=C1CN(c2ncc(I)cn2)CCN1. The Morgan fingerprint density at radius 3 is 2.79 bits per heavy atom. The predicted molar refractivity (Wildman–Crippen MR) is 60.0 cm³/mol. The van der Waals surface area contributed by atoms with Crippen LogP contribution in [0.25, 0.3) is 0 Å². The van der Waals surface area contributed by atoms with E-state index in [1.54, 1.807) is 12.4 Å². The molecule has 14 heavy (non-hydrogen) atoms. The van der Waals surface area contributed by atoms with E-state index in [4.69, 9.17) is 0 Å². The van der Waals surface area contributed by atoms with Gasteiger partial charge in [0.1, 0.15) is 0 Å². The summed E-state index contributed by atoms with van der Waals surface area (Å²) in [6.45, 7) is 1.78. The highest BCUT2D eigenvalue weighted by molar-refractivity contribution is 14.1. The number of rotatable bonds is 1. The van der Waals surface area contributed by atoms with Crippen LogP contribution in [0, 0.1) is 3.57 Å². The second-order valence-corrected chi connectivity index (χ2v) is 4.22. The van der Waals surface area contributed by atoms with E-state index < -0.39 is 0 Å². The molecule has 1 fully saturated rings. The molecule has 0 spiro atoms. The minimum Gasteiger partial charge on any atom is -0.353 e. The van der Waals surface area contributed by atoms with Gasteiger partial charge in [0.05, 0.1) is 6.54 Å². The zero-order valence-corrected chi connectivity index (χ0v) is 9.56. The maximum absolute atomic E-state index is 11.1. The van der Waals surface area contributed by atoms with Crippen LogP contribution >= 0.6 is 22.6 Å². The first-order valence-corrected chi connectivity index (χ1v) is 5.33. The fraction of sp³-hybridized carbons (Fsp3) is 0.375. The Morgan fingerprint density at radius 1 is 1.43 bits per heavy atom. The molecule has 1 aromatic heterocycles. The van der Waals surface area contributed by atoms with Crippen LogP contribution in [-0.2, 0) is 4.79 Å². The van der Waals surface area contributed by atoms with E-state index in [0.29, 0.717) is 19.0 Å². The minimum absolute atomic E-state index is 0.0263. The summed E-state index contributed by atoms with van der Waals surface area (Å²) < 4.78 is 0.993. The largest absolute Gasteiger partial charge is 0.353 e. The summed E-state index contributed by atoms with van der Waals surface area (Å²) in [4.78, 5) is 21.3. The van der Waals surface area contributed by atoms with Gasteiger partial charge in [0.25, 0.3) is 0 Å². The van der Waals surface area contributed by atoms with Crippen LogP contribution in [0.3, 0.4) is 0 Å². The third-order valence-corrected chi connectivity index (χ3v) is 2.48. The molecule has 5 nitrogen and oxygen atoms in total. The van der Waals surface area contributed by atoms with Gasteiger partial charge in [-0.1, -0.05) is 0 Å². The molecule has 1 saturated heterocycles. The van der Waals surface area contributed by atoms with Crippen LogP contribution in [-0.4, -0.2) is 35.5 Å². The Bertz CT molecular complexity index is 340. The highest BCUT2D eigenvalue weighted by Crippen LogP contribution is 2.08. The number of hydrogen-bond acceptors (Lipinski definition) is 4. The van der Waals surface area contributed by atoms with Crippen molar-refractivity contribution >= 4 is 34.4 Å². The molecular weight excluding hydrogens is 295 g/mol. The van der Waals surface area contributed by atoms with Crippen molar-refractivity contribution in [3.8, 4) is 0 Å². The number of aromatic nitrogens is 2. The highest BCUT2D eigenvalue weighted by Gasteiger charge is 2.17. The summed E-state index contributed by atoms with van der Waals surface area (Å²) in [6, 6.07) is 0. The van der Waals surface area contributed by atoms with E-state index in [1.165, 1.54) is 0 Å². The molecule has 1 aromatic rings. The van der Waals surface area contributed by atoms with Gasteiger partial charge in [-0.2, -0.15) is 0 Å². The third kappa shape index (κ3) is 2.11. The fourth-order valence-electron chi connectivity index (χ4n) is 1.28. The lowest BCUT2D eigenvalue weighted by atomic mass is 10.4. The third-order valence-electron chi connectivity index (χ3n) is 1.93. The summed E-state index contributed by atoms with van der Waals surface area (Å²) in [5.41, 5.74) is 0. The van der Waals surface area contributed by atoms with Crippen molar-refractivity contribution in [3.63, 3.8) is 0 Å². The number of carbonyl (C=O) groups excluding carboxylic acids is 1. The molecule has 1 N–H and O–H groups in total. The Balaban J connectivity index is 2.14. The van der Waals surface area contributed by atoms with Crippen molar-refractivity contribution < 1.29 is 4.79 Å². The summed E-state index contributed by atoms with van der Waals surface area (Å²) in [7, 11) is 0. The van der Waals surface area contributed by atoms with Crippen molar-refractivity contribution in [1.82, 2.24) is 15.3 Å². The number of halogens is 1.